The van der Waals surface area contributed by atoms with Gasteiger partial charge < -0.3 is 10.2 Å². The highest BCUT2D eigenvalue weighted by Gasteiger charge is 2.09. The number of rotatable bonds is 10. The minimum atomic E-state index is 0.626. The number of nitrogens with one attached hydrogen (secondary N) is 1. The maximum atomic E-state index is 6.20. The molecule has 0 aliphatic carbocycles. The SMILES string of the molecule is ClCCN(CCCl)CCCNc1cc(-c2ccccc2)nc2cc(Cl)ccc12. The second-order valence-corrected chi connectivity index (χ2v) is 7.77. The normalized spacial score (nSPS) is 11.3. The number of nitrogens with zero attached hydrogens (tertiary/aromatic N) is 2. The molecule has 1 N–H and O–H groups in total. The molecule has 0 fully saturated rings. The lowest BCUT2D eigenvalue weighted by atomic mass is 10.1. The molecular weight excluding hydrogens is 413 g/mol. The Labute approximate surface area is 181 Å². The number of pyridine rings is 1. The Bertz CT molecular complexity index is 881. The van der Waals surface area contributed by atoms with Crippen LogP contribution >= 0.6 is 34.8 Å². The lowest BCUT2D eigenvalue weighted by Crippen LogP contribution is -2.30. The number of fused-ring (bicyclic) bond motifs is 1. The van der Waals surface area contributed by atoms with Crippen LogP contribution in [-0.2, 0) is 0 Å². The minimum absolute atomic E-state index is 0.626. The van der Waals surface area contributed by atoms with E-state index in [-0.39, 0.29) is 0 Å². The van der Waals surface area contributed by atoms with Gasteiger partial charge in [-0.05, 0) is 37.2 Å². The van der Waals surface area contributed by atoms with Crippen LogP contribution in [0.25, 0.3) is 22.2 Å². The Kier molecular flexibility index (Phi) is 8.23. The zero-order valence-electron chi connectivity index (χ0n) is 15.7. The second-order valence-electron chi connectivity index (χ2n) is 6.58. The van der Waals surface area contributed by atoms with Gasteiger partial charge >= 0.3 is 0 Å². The highest BCUT2D eigenvalue weighted by atomic mass is 35.5. The van der Waals surface area contributed by atoms with Crippen molar-refractivity contribution in [3.63, 3.8) is 0 Å². The van der Waals surface area contributed by atoms with Gasteiger partial charge in [-0.25, -0.2) is 4.98 Å². The Hall–Kier alpha value is -1.52. The average Bonchev–Trinajstić information content (AvgIpc) is 2.71. The molecule has 0 radical (unpaired) electrons. The van der Waals surface area contributed by atoms with E-state index in [4.69, 9.17) is 39.8 Å². The number of halogens is 3. The molecule has 0 bridgehead atoms. The molecule has 0 atom stereocenters. The topological polar surface area (TPSA) is 28.2 Å². The number of anilines is 1. The Morgan fingerprint density at radius 3 is 2.36 bits per heavy atom. The van der Waals surface area contributed by atoms with Crippen LogP contribution in [0.15, 0.2) is 54.6 Å². The van der Waals surface area contributed by atoms with E-state index in [1.165, 1.54) is 0 Å². The van der Waals surface area contributed by atoms with Crippen LogP contribution in [-0.4, -0.2) is 47.8 Å². The van der Waals surface area contributed by atoms with Crippen molar-refractivity contribution in [3.8, 4) is 11.3 Å². The summed E-state index contributed by atoms with van der Waals surface area (Å²) < 4.78 is 0. The first-order valence-electron chi connectivity index (χ1n) is 9.45. The molecule has 2 aromatic carbocycles. The lowest BCUT2D eigenvalue weighted by molar-refractivity contribution is 0.306. The molecule has 0 spiro atoms. The van der Waals surface area contributed by atoms with Crippen LogP contribution in [0.4, 0.5) is 5.69 Å². The molecule has 0 saturated heterocycles. The summed E-state index contributed by atoms with van der Waals surface area (Å²) in [6.07, 6.45) is 1.01. The van der Waals surface area contributed by atoms with Gasteiger partial charge in [-0.1, -0.05) is 41.9 Å². The van der Waals surface area contributed by atoms with E-state index in [0.717, 1.165) is 60.4 Å². The van der Waals surface area contributed by atoms with Crippen LogP contribution < -0.4 is 5.32 Å². The van der Waals surface area contributed by atoms with Gasteiger partial charge in [-0.15, -0.1) is 23.2 Å². The Balaban J connectivity index is 1.77. The van der Waals surface area contributed by atoms with Gasteiger partial charge in [0.2, 0.25) is 0 Å². The van der Waals surface area contributed by atoms with Crippen molar-refractivity contribution < 1.29 is 0 Å². The first kappa shape index (κ1) is 21.2. The standard InChI is InChI=1S/C22H24Cl3N3/c23-9-13-28(14-10-24)12-4-11-26-21-16-20(17-5-2-1-3-6-17)27-22-15-18(25)7-8-19(21)22/h1-3,5-8,15-16H,4,9-14H2,(H,26,27). The molecule has 0 amide bonds. The monoisotopic (exact) mass is 435 g/mol. The molecule has 0 unspecified atom stereocenters. The fourth-order valence-corrected chi connectivity index (χ4v) is 3.85. The fourth-order valence-electron chi connectivity index (χ4n) is 3.20. The molecule has 0 aliphatic heterocycles. The smallest absolute Gasteiger partial charge is 0.0745 e. The lowest BCUT2D eigenvalue weighted by Gasteiger charge is -2.20. The van der Waals surface area contributed by atoms with E-state index < -0.39 is 0 Å². The van der Waals surface area contributed by atoms with Crippen molar-refractivity contribution >= 4 is 51.4 Å². The minimum Gasteiger partial charge on any atom is -0.384 e. The average molecular weight is 437 g/mol. The third kappa shape index (κ3) is 5.74. The van der Waals surface area contributed by atoms with Crippen molar-refractivity contribution in [1.29, 1.82) is 0 Å². The van der Waals surface area contributed by atoms with Gasteiger partial charge in [0.25, 0.3) is 0 Å². The number of hydrogen-bond donors (Lipinski definition) is 1. The molecule has 0 aliphatic rings. The van der Waals surface area contributed by atoms with Crippen LogP contribution in [0.1, 0.15) is 6.42 Å². The first-order chi connectivity index (χ1) is 13.7. The van der Waals surface area contributed by atoms with Gasteiger partial charge in [-0.2, -0.15) is 0 Å². The first-order valence-corrected chi connectivity index (χ1v) is 10.9. The van der Waals surface area contributed by atoms with E-state index in [0.29, 0.717) is 16.8 Å². The third-order valence-corrected chi connectivity index (χ3v) is 5.18. The maximum Gasteiger partial charge on any atom is 0.0745 e. The summed E-state index contributed by atoms with van der Waals surface area (Å²) >= 11 is 18.0. The largest absolute Gasteiger partial charge is 0.384 e. The molecule has 148 valence electrons. The van der Waals surface area contributed by atoms with Crippen LogP contribution in [0.2, 0.25) is 5.02 Å². The molecule has 1 aromatic heterocycles. The molecule has 1 heterocycles. The zero-order valence-corrected chi connectivity index (χ0v) is 17.9. The molecule has 3 nitrogen and oxygen atoms in total. The van der Waals surface area contributed by atoms with Crippen LogP contribution in [0.3, 0.4) is 0 Å². The van der Waals surface area contributed by atoms with Crippen molar-refractivity contribution in [2.75, 3.05) is 43.3 Å². The maximum absolute atomic E-state index is 6.20. The van der Waals surface area contributed by atoms with Crippen molar-refractivity contribution in [3.05, 3.63) is 59.6 Å². The quantitative estimate of drug-likeness (QED) is 0.306. The van der Waals surface area contributed by atoms with Crippen molar-refractivity contribution in [1.82, 2.24) is 9.88 Å². The number of hydrogen-bond acceptors (Lipinski definition) is 3. The van der Waals surface area contributed by atoms with Crippen LogP contribution in [0.5, 0.6) is 0 Å². The number of aromatic nitrogens is 1. The third-order valence-electron chi connectivity index (χ3n) is 4.61. The van der Waals surface area contributed by atoms with E-state index >= 15 is 0 Å². The number of alkyl halides is 2. The van der Waals surface area contributed by atoms with Gasteiger partial charge in [0.1, 0.15) is 0 Å². The van der Waals surface area contributed by atoms with Gasteiger partial charge in [-0.3, -0.25) is 0 Å². The summed E-state index contributed by atoms with van der Waals surface area (Å²) in [6.45, 7) is 3.55. The van der Waals surface area contributed by atoms with Gasteiger partial charge in [0, 0.05) is 53.1 Å². The molecule has 0 saturated carbocycles. The summed E-state index contributed by atoms with van der Waals surface area (Å²) in [7, 11) is 0. The highest BCUT2D eigenvalue weighted by molar-refractivity contribution is 6.31. The zero-order chi connectivity index (χ0) is 19.8. The Morgan fingerprint density at radius 2 is 1.64 bits per heavy atom. The predicted molar refractivity (Wildman–Crippen MR) is 123 cm³/mol. The van der Waals surface area contributed by atoms with Gasteiger partial charge in [0.15, 0.2) is 0 Å². The summed E-state index contributed by atoms with van der Waals surface area (Å²) in [5.41, 5.74) is 3.98. The molecule has 6 heteroatoms. The van der Waals surface area contributed by atoms with Crippen LogP contribution in [0, 0.1) is 0 Å². The highest BCUT2D eigenvalue weighted by Crippen LogP contribution is 2.30. The summed E-state index contributed by atoms with van der Waals surface area (Å²) in [5.74, 6) is 1.25. The Morgan fingerprint density at radius 1 is 0.893 bits per heavy atom. The van der Waals surface area contributed by atoms with E-state index in [1.54, 1.807) is 0 Å². The summed E-state index contributed by atoms with van der Waals surface area (Å²) in [4.78, 5) is 7.10. The van der Waals surface area contributed by atoms with Crippen molar-refractivity contribution in [2.24, 2.45) is 0 Å². The molecular formula is C22H24Cl3N3. The fraction of sp³-hybridized carbons (Fsp3) is 0.318. The summed E-state index contributed by atoms with van der Waals surface area (Å²) in [5, 5.41) is 5.34. The van der Waals surface area contributed by atoms with Gasteiger partial charge in [0.05, 0.1) is 11.2 Å². The molecule has 3 rings (SSSR count). The summed E-state index contributed by atoms with van der Waals surface area (Å²) in [6, 6.07) is 18.1. The van der Waals surface area contributed by atoms with Crippen molar-refractivity contribution in [2.45, 2.75) is 6.42 Å². The van der Waals surface area contributed by atoms with E-state index in [1.807, 2.05) is 36.4 Å². The predicted octanol–water partition coefficient (Wildman–Crippen LogP) is 6.14. The molecule has 28 heavy (non-hydrogen) atoms. The van der Waals surface area contributed by atoms with E-state index in [2.05, 4.69) is 28.4 Å². The molecule has 3 aromatic rings. The second kappa shape index (κ2) is 10.9. The van der Waals surface area contributed by atoms with E-state index in [9.17, 15) is 0 Å². The number of benzene rings is 2.